The molecule has 9 aromatic rings. The maximum atomic E-state index is 6.57. The Morgan fingerprint density at radius 1 is 0.435 bits per heavy atom. The molecule has 0 amide bonds. The SMILES string of the molecule is c1ccc(P(c2ccccc2)c2ccc(-c3cccc(-c4nc5cc6ccccc6cc5c5c4oc4ccccc45)c3)cc2)cc1. The van der Waals surface area contributed by atoms with E-state index in [-0.39, 0.29) is 0 Å². The van der Waals surface area contributed by atoms with E-state index >= 15 is 0 Å². The summed E-state index contributed by atoms with van der Waals surface area (Å²) in [5.41, 5.74) is 6.90. The molecule has 7 aromatic carbocycles. The first-order valence-corrected chi connectivity index (χ1v) is 16.9. The van der Waals surface area contributed by atoms with Crippen molar-refractivity contribution in [2.75, 3.05) is 0 Å². The van der Waals surface area contributed by atoms with Gasteiger partial charge in [-0.1, -0.05) is 146 Å². The quantitative estimate of drug-likeness (QED) is 0.144. The first-order valence-electron chi connectivity index (χ1n) is 15.5. The summed E-state index contributed by atoms with van der Waals surface area (Å²) in [5, 5.41) is 9.76. The number of hydrogen-bond acceptors (Lipinski definition) is 2. The van der Waals surface area contributed by atoms with Crippen molar-refractivity contribution in [2.45, 2.75) is 0 Å². The Hall–Kier alpha value is -5.56. The molecule has 2 aromatic heterocycles. The van der Waals surface area contributed by atoms with E-state index in [1.165, 1.54) is 32.2 Å². The zero-order chi connectivity index (χ0) is 30.5. The summed E-state index contributed by atoms with van der Waals surface area (Å²) in [7, 11) is -0.652. The standard InChI is InChI=1S/C43H28NOP/c1-3-16-34(17-4-1)46(35-18-5-2-6-19-35)36-24-22-29(23-25-36)30-14-11-15-33(26-30)42-43-41(37-20-9-10-21-40(37)45-43)38-27-31-12-7-8-13-32(31)28-39(38)44-42/h1-28H. The average Bonchev–Trinajstić information content (AvgIpc) is 3.52. The molecule has 0 saturated heterocycles. The number of fused-ring (bicyclic) bond motifs is 6. The third-order valence-corrected chi connectivity index (χ3v) is 11.2. The summed E-state index contributed by atoms with van der Waals surface area (Å²) >= 11 is 0. The number of benzene rings is 7. The Labute approximate surface area is 268 Å². The van der Waals surface area contributed by atoms with E-state index in [2.05, 4.69) is 158 Å². The lowest BCUT2D eigenvalue weighted by Gasteiger charge is -2.19. The predicted molar refractivity (Wildman–Crippen MR) is 196 cm³/mol. The molecule has 0 saturated carbocycles. The number of aromatic nitrogens is 1. The lowest BCUT2D eigenvalue weighted by Crippen LogP contribution is -2.20. The van der Waals surface area contributed by atoms with Crippen LogP contribution in [0.5, 0.6) is 0 Å². The van der Waals surface area contributed by atoms with Crippen molar-refractivity contribution >= 4 is 67.4 Å². The van der Waals surface area contributed by atoms with Crippen LogP contribution in [0.2, 0.25) is 0 Å². The van der Waals surface area contributed by atoms with Crippen molar-refractivity contribution in [2.24, 2.45) is 0 Å². The van der Waals surface area contributed by atoms with E-state index in [0.29, 0.717) is 0 Å². The number of hydrogen-bond donors (Lipinski definition) is 0. The fourth-order valence-electron chi connectivity index (χ4n) is 6.62. The van der Waals surface area contributed by atoms with Gasteiger partial charge < -0.3 is 4.42 Å². The maximum Gasteiger partial charge on any atom is 0.162 e. The summed E-state index contributed by atoms with van der Waals surface area (Å²) < 4.78 is 6.57. The number of para-hydroxylation sites is 1. The summed E-state index contributed by atoms with van der Waals surface area (Å²) in [6, 6.07) is 60.7. The zero-order valence-corrected chi connectivity index (χ0v) is 25.9. The van der Waals surface area contributed by atoms with Crippen LogP contribution in [0.15, 0.2) is 174 Å². The molecule has 2 heterocycles. The molecule has 46 heavy (non-hydrogen) atoms. The van der Waals surface area contributed by atoms with Gasteiger partial charge in [0.25, 0.3) is 0 Å². The minimum atomic E-state index is -0.652. The van der Waals surface area contributed by atoms with E-state index in [4.69, 9.17) is 9.40 Å². The van der Waals surface area contributed by atoms with Crippen LogP contribution >= 0.6 is 7.92 Å². The number of furan rings is 1. The van der Waals surface area contributed by atoms with Gasteiger partial charge >= 0.3 is 0 Å². The van der Waals surface area contributed by atoms with Gasteiger partial charge in [0.1, 0.15) is 11.3 Å². The molecule has 0 aliphatic carbocycles. The fourth-order valence-corrected chi connectivity index (χ4v) is 8.90. The van der Waals surface area contributed by atoms with Gasteiger partial charge in [-0.3, -0.25) is 0 Å². The molecule has 0 bridgehead atoms. The smallest absolute Gasteiger partial charge is 0.162 e. The minimum absolute atomic E-state index is 0.652. The van der Waals surface area contributed by atoms with Gasteiger partial charge in [-0.25, -0.2) is 4.98 Å². The van der Waals surface area contributed by atoms with Crippen molar-refractivity contribution in [3.63, 3.8) is 0 Å². The molecule has 0 spiro atoms. The predicted octanol–water partition coefficient (Wildman–Crippen LogP) is 10.4. The average molecular weight is 606 g/mol. The molecule has 9 rings (SSSR count). The number of rotatable bonds is 5. The lowest BCUT2D eigenvalue weighted by molar-refractivity contribution is 0.669. The molecule has 216 valence electrons. The molecule has 0 radical (unpaired) electrons. The molecule has 0 aliphatic heterocycles. The Bertz CT molecular complexity index is 2480. The van der Waals surface area contributed by atoms with Crippen LogP contribution < -0.4 is 15.9 Å². The lowest BCUT2D eigenvalue weighted by atomic mass is 9.98. The molecule has 0 aliphatic rings. The van der Waals surface area contributed by atoms with Gasteiger partial charge in [-0.05, 0) is 70.0 Å². The van der Waals surface area contributed by atoms with E-state index in [1.54, 1.807) is 0 Å². The van der Waals surface area contributed by atoms with E-state index < -0.39 is 7.92 Å². The molecule has 0 fully saturated rings. The molecule has 2 nitrogen and oxygen atoms in total. The van der Waals surface area contributed by atoms with Crippen LogP contribution in [0.4, 0.5) is 0 Å². The summed E-state index contributed by atoms with van der Waals surface area (Å²) in [6.07, 6.45) is 0. The van der Waals surface area contributed by atoms with E-state index in [1.807, 2.05) is 12.1 Å². The second-order valence-electron chi connectivity index (χ2n) is 11.6. The van der Waals surface area contributed by atoms with Gasteiger partial charge in [-0.15, -0.1) is 0 Å². The number of pyridine rings is 1. The van der Waals surface area contributed by atoms with Crippen LogP contribution in [0.1, 0.15) is 0 Å². The van der Waals surface area contributed by atoms with Crippen molar-refractivity contribution < 1.29 is 4.42 Å². The summed E-state index contributed by atoms with van der Waals surface area (Å²) in [4.78, 5) is 5.27. The van der Waals surface area contributed by atoms with Gasteiger partial charge in [0.2, 0.25) is 0 Å². The highest BCUT2D eigenvalue weighted by atomic mass is 31.1. The highest BCUT2D eigenvalue weighted by molar-refractivity contribution is 7.79. The van der Waals surface area contributed by atoms with Crippen LogP contribution in [0, 0.1) is 0 Å². The molecule has 0 atom stereocenters. The molecule has 0 N–H and O–H groups in total. The summed E-state index contributed by atoms with van der Waals surface area (Å²) in [6.45, 7) is 0. The molecular weight excluding hydrogens is 577 g/mol. The second kappa shape index (κ2) is 11.1. The monoisotopic (exact) mass is 605 g/mol. The van der Waals surface area contributed by atoms with Crippen molar-refractivity contribution in [3.05, 3.63) is 170 Å². The van der Waals surface area contributed by atoms with Crippen molar-refractivity contribution in [3.8, 4) is 22.4 Å². The molecule has 0 unspecified atom stereocenters. The first kappa shape index (κ1) is 26.8. The van der Waals surface area contributed by atoms with Crippen molar-refractivity contribution in [1.29, 1.82) is 0 Å². The Balaban J connectivity index is 1.17. The Morgan fingerprint density at radius 3 is 1.78 bits per heavy atom. The fraction of sp³-hybridized carbons (Fsp3) is 0. The van der Waals surface area contributed by atoms with Crippen LogP contribution in [0.25, 0.3) is 66.0 Å². The third-order valence-electron chi connectivity index (χ3n) is 8.80. The maximum absolute atomic E-state index is 6.57. The van der Waals surface area contributed by atoms with Crippen LogP contribution in [0.3, 0.4) is 0 Å². The zero-order valence-electron chi connectivity index (χ0n) is 25.0. The third kappa shape index (κ3) is 4.58. The normalized spacial score (nSPS) is 11.7. The molecular formula is C43H28NOP. The largest absolute Gasteiger partial charge is 0.454 e. The Kier molecular flexibility index (Phi) is 6.47. The summed E-state index contributed by atoms with van der Waals surface area (Å²) in [5.74, 6) is 0. The van der Waals surface area contributed by atoms with E-state index in [0.717, 1.165) is 49.7 Å². The van der Waals surface area contributed by atoms with Crippen LogP contribution in [-0.2, 0) is 0 Å². The first-order chi connectivity index (χ1) is 22.8. The van der Waals surface area contributed by atoms with E-state index in [9.17, 15) is 0 Å². The minimum Gasteiger partial charge on any atom is -0.454 e. The number of nitrogens with zero attached hydrogens (tertiary/aromatic N) is 1. The van der Waals surface area contributed by atoms with Crippen LogP contribution in [-0.4, -0.2) is 4.98 Å². The Morgan fingerprint density at radius 2 is 1.04 bits per heavy atom. The van der Waals surface area contributed by atoms with Gasteiger partial charge in [0, 0.05) is 21.7 Å². The van der Waals surface area contributed by atoms with Gasteiger partial charge in [-0.2, -0.15) is 0 Å². The second-order valence-corrected chi connectivity index (χ2v) is 13.8. The topological polar surface area (TPSA) is 26.0 Å². The van der Waals surface area contributed by atoms with Gasteiger partial charge in [0.05, 0.1) is 5.52 Å². The van der Waals surface area contributed by atoms with Crippen molar-refractivity contribution in [1.82, 2.24) is 4.98 Å². The highest BCUT2D eigenvalue weighted by Gasteiger charge is 2.19. The highest BCUT2D eigenvalue weighted by Crippen LogP contribution is 2.41. The molecule has 3 heteroatoms. The van der Waals surface area contributed by atoms with Gasteiger partial charge in [0.15, 0.2) is 5.58 Å².